The van der Waals surface area contributed by atoms with E-state index in [4.69, 9.17) is 24.1 Å². The molecule has 3 atom stereocenters. The monoisotopic (exact) mass is 324 g/mol. The summed E-state index contributed by atoms with van der Waals surface area (Å²) in [6.07, 6.45) is 0.814. The molecular weight excluding hydrogens is 300 g/mol. The summed E-state index contributed by atoms with van der Waals surface area (Å²) in [5.74, 6) is 0.498. The first-order valence-electron chi connectivity index (χ1n) is 7.76. The van der Waals surface area contributed by atoms with Gasteiger partial charge in [0.05, 0.1) is 33.0 Å². The van der Waals surface area contributed by atoms with E-state index >= 15 is 0 Å². The highest BCUT2D eigenvalue weighted by molar-refractivity contribution is 5.66. The van der Waals surface area contributed by atoms with Crippen LogP contribution in [0.1, 0.15) is 25.3 Å². The van der Waals surface area contributed by atoms with E-state index < -0.39 is 0 Å². The molecule has 1 heterocycles. The molecule has 0 bridgehead atoms. The predicted molar refractivity (Wildman–Crippen MR) is 83.2 cm³/mol. The first kappa shape index (κ1) is 17.7. The number of epoxide rings is 1. The fourth-order valence-electron chi connectivity index (χ4n) is 2.39. The summed E-state index contributed by atoms with van der Waals surface area (Å²) in [7, 11) is 1.63. The van der Waals surface area contributed by atoms with E-state index in [0.717, 1.165) is 11.3 Å². The third-order valence-electron chi connectivity index (χ3n) is 3.71. The smallest absolute Gasteiger partial charge is 0.302 e. The molecule has 1 N–H and O–H groups in total. The van der Waals surface area contributed by atoms with Crippen LogP contribution < -0.4 is 4.74 Å². The number of methoxy groups -OCH3 is 1. The maximum Gasteiger partial charge on any atom is 0.302 e. The third-order valence-corrected chi connectivity index (χ3v) is 3.71. The number of rotatable bonds is 10. The Balaban J connectivity index is 1.69. The highest BCUT2D eigenvalue weighted by Crippen LogP contribution is 2.28. The molecule has 0 unspecified atom stereocenters. The third kappa shape index (κ3) is 6.17. The van der Waals surface area contributed by atoms with Gasteiger partial charge in [0.25, 0.3) is 0 Å². The van der Waals surface area contributed by atoms with Crippen molar-refractivity contribution in [3.63, 3.8) is 0 Å². The Kier molecular flexibility index (Phi) is 6.83. The molecule has 1 aliphatic rings. The summed E-state index contributed by atoms with van der Waals surface area (Å²) in [5.41, 5.74) is 1.06. The molecule has 0 amide bonds. The summed E-state index contributed by atoms with van der Waals surface area (Å²) in [4.78, 5) is 11.2. The van der Waals surface area contributed by atoms with Crippen molar-refractivity contribution in [2.75, 3.05) is 20.3 Å². The predicted octanol–water partition coefficient (Wildman–Crippen LogP) is 1.68. The van der Waals surface area contributed by atoms with Crippen molar-refractivity contribution in [1.82, 2.24) is 0 Å². The summed E-state index contributed by atoms with van der Waals surface area (Å²) in [6.45, 7) is 2.38. The van der Waals surface area contributed by atoms with Gasteiger partial charge in [-0.15, -0.1) is 0 Å². The van der Waals surface area contributed by atoms with Gasteiger partial charge in [0.15, 0.2) is 0 Å². The first-order valence-corrected chi connectivity index (χ1v) is 7.76. The average molecular weight is 324 g/mol. The fraction of sp³-hybridized carbons (Fsp3) is 0.588. The van der Waals surface area contributed by atoms with Crippen molar-refractivity contribution in [1.29, 1.82) is 0 Å². The van der Waals surface area contributed by atoms with E-state index in [-0.39, 0.29) is 30.9 Å². The highest BCUT2D eigenvalue weighted by atomic mass is 16.6. The Morgan fingerprint density at radius 2 is 2.04 bits per heavy atom. The molecule has 2 rings (SSSR count). The van der Waals surface area contributed by atoms with E-state index in [1.54, 1.807) is 7.11 Å². The van der Waals surface area contributed by atoms with E-state index in [1.807, 2.05) is 24.3 Å². The molecule has 0 aromatic heterocycles. The number of aliphatic hydroxyl groups excluding tert-OH is 1. The van der Waals surface area contributed by atoms with E-state index in [1.165, 1.54) is 6.92 Å². The zero-order valence-corrected chi connectivity index (χ0v) is 13.6. The van der Waals surface area contributed by atoms with Crippen molar-refractivity contribution < 1.29 is 28.8 Å². The Labute approximate surface area is 136 Å². The standard InChI is InChI=1S/C17H24O6/c1-12(19)22-15(9-16-17(10-18)23-16)7-8-21-11-13-3-5-14(20-2)6-4-13/h3-6,15-18H,7-11H2,1-2H3/t15-,16-,17+/m0/s1. The van der Waals surface area contributed by atoms with Crippen molar-refractivity contribution in [3.05, 3.63) is 29.8 Å². The average Bonchev–Trinajstić information content (AvgIpc) is 3.29. The van der Waals surface area contributed by atoms with Crippen LogP contribution in [0.15, 0.2) is 24.3 Å². The maximum absolute atomic E-state index is 11.2. The van der Waals surface area contributed by atoms with Crippen LogP contribution in [0.3, 0.4) is 0 Å². The first-order chi connectivity index (χ1) is 11.1. The number of ether oxygens (including phenoxy) is 4. The van der Waals surface area contributed by atoms with Crippen molar-refractivity contribution in [3.8, 4) is 5.75 Å². The molecule has 1 aromatic carbocycles. The van der Waals surface area contributed by atoms with E-state index in [0.29, 0.717) is 26.1 Å². The topological polar surface area (TPSA) is 77.5 Å². The SMILES string of the molecule is COc1ccc(COCC[C@@H](C[C@@H]2O[C@@H]2CO)OC(C)=O)cc1. The number of carbonyl (C=O) groups excluding carboxylic acids is 1. The fourth-order valence-corrected chi connectivity index (χ4v) is 2.39. The van der Waals surface area contributed by atoms with Gasteiger partial charge in [-0.05, 0) is 17.7 Å². The molecule has 0 spiro atoms. The number of esters is 1. The molecule has 23 heavy (non-hydrogen) atoms. The van der Waals surface area contributed by atoms with Gasteiger partial charge in [-0.2, -0.15) is 0 Å². The molecule has 1 aliphatic heterocycles. The number of benzene rings is 1. The van der Waals surface area contributed by atoms with Gasteiger partial charge >= 0.3 is 5.97 Å². The van der Waals surface area contributed by atoms with Gasteiger partial charge in [0.2, 0.25) is 0 Å². The lowest BCUT2D eigenvalue weighted by molar-refractivity contribution is -0.147. The van der Waals surface area contributed by atoms with Gasteiger partial charge in [-0.25, -0.2) is 0 Å². The number of hydrogen-bond donors (Lipinski definition) is 1. The molecule has 0 saturated carbocycles. The van der Waals surface area contributed by atoms with Crippen molar-refractivity contribution in [2.45, 2.75) is 44.7 Å². The molecule has 1 aromatic rings. The lowest BCUT2D eigenvalue weighted by atomic mass is 10.1. The van der Waals surface area contributed by atoms with Crippen LogP contribution in [0.4, 0.5) is 0 Å². The van der Waals surface area contributed by atoms with Gasteiger partial charge in [-0.3, -0.25) is 4.79 Å². The Hall–Kier alpha value is -1.63. The Morgan fingerprint density at radius 3 is 2.61 bits per heavy atom. The largest absolute Gasteiger partial charge is 0.497 e. The molecule has 6 heteroatoms. The van der Waals surface area contributed by atoms with Gasteiger partial charge in [-0.1, -0.05) is 12.1 Å². The van der Waals surface area contributed by atoms with Crippen LogP contribution in [-0.4, -0.2) is 49.7 Å². The Morgan fingerprint density at radius 1 is 1.30 bits per heavy atom. The minimum absolute atomic E-state index is 0.00538. The van der Waals surface area contributed by atoms with Gasteiger partial charge in [0.1, 0.15) is 18.0 Å². The normalized spacial score (nSPS) is 20.8. The second kappa shape index (κ2) is 8.86. The lowest BCUT2D eigenvalue weighted by Crippen LogP contribution is -2.21. The van der Waals surface area contributed by atoms with Crippen LogP contribution in [0.2, 0.25) is 0 Å². The van der Waals surface area contributed by atoms with Gasteiger partial charge in [0, 0.05) is 19.8 Å². The molecule has 6 nitrogen and oxygen atoms in total. The molecule has 128 valence electrons. The van der Waals surface area contributed by atoms with Crippen LogP contribution >= 0.6 is 0 Å². The maximum atomic E-state index is 11.2. The number of hydrogen-bond acceptors (Lipinski definition) is 6. The van der Waals surface area contributed by atoms with Crippen molar-refractivity contribution >= 4 is 5.97 Å². The van der Waals surface area contributed by atoms with E-state index in [9.17, 15) is 4.79 Å². The molecule has 0 aliphatic carbocycles. The molecule has 1 saturated heterocycles. The van der Waals surface area contributed by atoms with Crippen LogP contribution in [0, 0.1) is 0 Å². The minimum Gasteiger partial charge on any atom is -0.497 e. The second-order valence-electron chi connectivity index (χ2n) is 5.55. The molecule has 1 fully saturated rings. The van der Waals surface area contributed by atoms with Crippen LogP contribution in [0.5, 0.6) is 5.75 Å². The summed E-state index contributed by atoms with van der Waals surface area (Å²) < 4.78 is 21.3. The summed E-state index contributed by atoms with van der Waals surface area (Å²) in [5, 5.41) is 8.98. The Bertz CT molecular complexity index is 486. The number of aliphatic hydroxyl groups is 1. The van der Waals surface area contributed by atoms with E-state index in [2.05, 4.69) is 0 Å². The molecular formula is C17H24O6. The number of carbonyl (C=O) groups is 1. The highest BCUT2D eigenvalue weighted by Gasteiger charge is 2.40. The summed E-state index contributed by atoms with van der Waals surface area (Å²) >= 11 is 0. The van der Waals surface area contributed by atoms with Crippen molar-refractivity contribution in [2.24, 2.45) is 0 Å². The zero-order valence-electron chi connectivity index (χ0n) is 13.6. The zero-order chi connectivity index (χ0) is 16.7. The van der Waals surface area contributed by atoms with Gasteiger partial charge < -0.3 is 24.1 Å². The summed E-state index contributed by atoms with van der Waals surface area (Å²) in [6, 6.07) is 7.68. The molecule has 0 radical (unpaired) electrons. The lowest BCUT2D eigenvalue weighted by Gasteiger charge is -2.16. The quantitative estimate of drug-likeness (QED) is 0.401. The minimum atomic E-state index is -0.314. The van der Waals surface area contributed by atoms with Crippen LogP contribution in [0.25, 0.3) is 0 Å². The second-order valence-corrected chi connectivity index (χ2v) is 5.55. The van der Waals surface area contributed by atoms with Crippen LogP contribution in [-0.2, 0) is 25.6 Å².